The van der Waals surface area contributed by atoms with Crippen molar-refractivity contribution in [2.45, 2.75) is 38.6 Å². The molecule has 0 N–H and O–H groups in total. The third kappa shape index (κ3) is 4.29. The standard InChI is InChI=1S/C13H18BrClN2O2/c14-11-12(15)16-9-17(13(11)18)6-2-1-3-10-4-7-19-8-5-10/h9-10H,1-8H2. The molecule has 1 aliphatic heterocycles. The monoisotopic (exact) mass is 348 g/mol. The van der Waals surface area contributed by atoms with E-state index in [0.717, 1.165) is 32.0 Å². The summed E-state index contributed by atoms with van der Waals surface area (Å²) in [6, 6.07) is 0. The second kappa shape index (κ2) is 7.41. The number of hydrogen-bond acceptors (Lipinski definition) is 3. The maximum Gasteiger partial charge on any atom is 0.269 e. The zero-order valence-electron chi connectivity index (χ0n) is 10.8. The van der Waals surface area contributed by atoms with Gasteiger partial charge in [-0.1, -0.05) is 24.4 Å². The van der Waals surface area contributed by atoms with Crippen molar-refractivity contribution in [2.75, 3.05) is 13.2 Å². The highest BCUT2D eigenvalue weighted by Gasteiger charge is 2.13. The number of ether oxygens (including phenoxy) is 1. The van der Waals surface area contributed by atoms with Gasteiger partial charge in [0.15, 0.2) is 5.15 Å². The van der Waals surface area contributed by atoms with Crippen molar-refractivity contribution in [2.24, 2.45) is 5.92 Å². The van der Waals surface area contributed by atoms with Gasteiger partial charge in [-0.25, -0.2) is 4.98 Å². The summed E-state index contributed by atoms with van der Waals surface area (Å²) < 4.78 is 7.30. The summed E-state index contributed by atoms with van der Waals surface area (Å²) in [5.74, 6) is 0.792. The lowest BCUT2D eigenvalue weighted by Gasteiger charge is -2.21. The first kappa shape index (κ1) is 15.0. The fraction of sp³-hybridized carbons (Fsp3) is 0.692. The summed E-state index contributed by atoms with van der Waals surface area (Å²) in [5, 5.41) is 0.225. The van der Waals surface area contributed by atoms with Crippen LogP contribution in [0.25, 0.3) is 0 Å². The SMILES string of the molecule is O=c1c(Br)c(Cl)ncn1CCCCC1CCOCC1. The Balaban J connectivity index is 1.76. The molecule has 0 atom stereocenters. The molecule has 1 aliphatic rings. The molecule has 0 bridgehead atoms. The molecule has 0 aliphatic carbocycles. The normalized spacial score (nSPS) is 16.7. The van der Waals surface area contributed by atoms with Crippen LogP contribution in [0, 0.1) is 5.92 Å². The van der Waals surface area contributed by atoms with Crippen molar-refractivity contribution >= 4 is 27.5 Å². The summed E-state index contributed by atoms with van der Waals surface area (Å²) in [5.41, 5.74) is -0.105. The molecule has 0 saturated carbocycles. The third-order valence-corrected chi connectivity index (χ3v) is 4.77. The van der Waals surface area contributed by atoms with Crippen molar-refractivity contribution in [3.8, 4) is 0 Å². The zero-order chi connectivity index (χ0) is 13.7. The van der Waals surface area contributed by atoms with Crippen molar-refractivity contribution in [1.29, 1.82) is 0 Å². The molecule has 0 radical (unpaired) electrons. The summed E-state index contributed by atoms with van der Waals surface area (Å²) in [6.07, 6.45) is 7.22. The average Bonchev–Trinajstić information content (AvgIpc) is 2.44. The van der Waals surface area contributed by atoms with Crippen LogP contribution in [0.2, 0.25) is 5.15 Å². The van der Waals surface area contributed by atoms with E-state index in [1.54, 1.807) is 4.57 Å². The van der Waals surface area contributed by atoms with Gasteiger partial charge in [-0.2, -0.15) is 0 Å². The van der Waals surface area contributed by atoms with E-state index in [-0.39, 0.29) is 10.7 Å². The van der Waals surface area contributed by atoms with Gasteiger partial charge in [0.1, 0.15) is 4.47 Å². The molecule has 0 amide bonds. The van der Waals surface area contributed by atoms with Gasteiger partial charge < -0.3 is 4.74 Å². The van der Waals surface area contributed by atoms with Gasteiger partial charge in [-0.15, -0.1) is 0 Å². The van der Waals surface area contributed by atoms with Gasteiger partial charge in [0.25, 0.3) is 5.56 Å². The predicted molar refractivity (Wildman–Crippen MR) is 78.6 cm³/mol. The molecule has 6 heteroatoms. The minimum absolute atomic E-state index is 0.105. The van der Waals surface area contributed by atoms with Crippen LogP contribution in [0.3, 0.4) is 0 Å². The first-order valence-corrected chi connectivity index (χ1v) is 7.83. The number of aromatic nitrogens is 2. The van der Waals surface area contributed by atoms with Crippen LogP contribution in [0.15, 0.2) is 15.6 Å². The molecule has 2 heterocycles. The third-order valence-electron chi connectivity index (χ3n) is 3.54. The van der Waals surface area contributed by atoms with Crippen molar-refractivity contribution < 1.29 is 4.74 Å². The molecule has 0 unspecified atom stereocenters. The summed E-state index contributed by atoms with van der Waals surface area (Å²) in [4.78, 5) is 15.8. The van der Waals surface area contributed by atoms with Crippen molar-refractivity contribution in [3.05, 3.63) is 26.3 Å². The number of hydrogen-bond donors (Lipinski definition) is 0. The van der Waals surface area contributed by atoms with Gasteiger partial charge in [-0.05, 0) is 41.1 Å². The molecular formula is C13H18BrClN2O2. The van der Waals surface area contributed by atoms with Crippen LogP contribution in [0.5, 0.6) is 0 Å². The number of halogens is 2. The second-order valence-electron chi connectivity index (χ2n) is 4.90. The fourth-order valence-electron chi connectivity index (χ4n) is 2.35. The Morgan fingerprint density at radius 3 is 2.89 bits per heavy atom. The van der Waals surface area contributed by atoms with E-state index in [2.05, 4.69) is 20.9 Å². The predicted octanol–water partition coefficient (Wildman–Crippen LogP) is 3.26. The van der Waals surface area contributed by atoms with Gasteiger partial charge in [0, 0.05) is 19.8 Å². The Kier molecular flexibility index (Phi) is 5.85. The molecule has 2 rings (SSSR count). The highest BCUT2D eigenvalue weighted by Crippen LogP contribution is 2.21. The second-order valence-corrected chi connectivity index (χ2v) is 6.05. The zero-order valence-corrected chi connectivity index (χ0v) is 13.1. The first-order chi connectivity index (χ1) is 9.18. The van der Waals surface area contributed by atoms with Gasteiger partial charge in [-0.3, -0.25) is 9.36 Å². The van der Waals surface area contributed by atoms with Crippen molar-refractivity contribution in [1.82, 2.24) is 9.55 Å². The van der Waals surface area contributed by atoms with E-state index in [1.165, 1.54) is 25.6 Å². The fourth-order valence-corrected chi connectivity index (χ4v) is 2.81. The Morgan fingerprint density at radius 1 is 1.42 bits per heavy atom. The molecule has 0 spiro atoms. The van der Waals surface area contributed by atoms with Crippen LogP contribution >= 0.6 is 27.5 Å². The van der Waals surface area contributed by atoms with E-state index >= 15 is 0 Å². The first-order valence-electron chi connectivity index (χ1n) is 6.66. The Hall–Kier alpha value is -0.390. The maximum absolute atomic E-state index is 11.9. The highest BCUT2D eigenvalue weighted by molar-refractivity contribution is 9.10. The largest absolute Gasteiger partial charge is 0.381 e. The Bertz CT molecular complexity index is 472. The van der Waals surface area contributed by atoms with E-state index in [1.807, 2.05) is 0 Å². The lowest BCUT2D eigenvalue weighted by Crippen LogP contribution is -2.21. The Morgan fingerprint density at radius 2 is 2.16 bits per heavy atom. The molecule has 4 nitrogen and oxygen atoms in total. The quantitative estimate of drug-likeness (QED) is 0.605. The van der Waals surface area contributed by atoms with Crippen LogP contribution in [-0.4, -0.2) is 22.8 Å². The minimum atomic E-state index is -0.105. The van der Waals surface area contributed by atoms with Gasteiger partial charge in [0.05, 0.1) is 6.33 Å². The van der Waals surface area contributed by atoms with E-state index in [9.17, 15) is 4.79 Å². The molecule has 19 heavy (non-hydrogen) atoms. The average molecular weight is 350 g/mol. The molecule has 1 aromatic heterocycles. The van der Waals surface area contributed by atoms with Gasteiger partial charge >= 0.3 is 0 Å². The van der Waals surface area contributed by atoms with Crippen LogP contribution in [-0.2, 0) is 11.3 Å². The van der Waals surface area contributed by atoms with Crippen LogP contribution in [0.1, 0.15) is 32.1 Å². The molecule has 106 valence electrons. The highest BCUT2D eigenvalue weighted by atomic mass is 79.9. The summed E-state index contributed by atoms with van der Waals surface area (Å²) >= 11 is 8.93. The number of aryl methyl sites for hydroxylation is 1. The van der Waals surface area contributed by atoms with Crippen molar-refractivity contribution in [3.63, 3.8) is 0 Å². The molecule has 1 saturated heterocycles. The summed E-state index contributed by atoms with van der Waals surface area (Å²) in [7, 11) is 0. The molecular weight excluding hydrogens is 332 g/mol. The smallest absolute Gasteiger partial charge is 0.269 e. The summed E-state index contributed by atoms with van der Waals surface area (Å²) in [6.45, 7) is 2.50. The van der Waals surface area contributed by atoms with Crippen LogP contribution < -0.4 is 5.56 Å². The molecule has 0 aromatic carbocycles. The number of unbranched alkanes of at least 4 members (excludes halogenated alkanes) is 1. The number of nitrogens with zero attached hydrogens (tertiary/aromatic N) is 2. The van der Waals surface area contributed by atoms with E-state index < -0.39 is 0 Å². The maximum atomic E-state index is 11.9. The van der Waals surface area contributed by atoms with E-state index in [4.69, 9.17) is 16.3 Å². The molecule has 1 fully saturated rings. The van der Waals surface area contributed by atoms with Gasteiger partial charge in [0.2, 0.25) is 0 Å². The van der Waals surface area contributed by atoms with Crippen LogP contribution in [0.4, 0.5) is 0 Å². The Labute approximate surface area is 126 Å². The lowest BCUT2D eigenvalue weighted by atomic mass is 9.94. The molecule has 1 aromatic rings. The topological polar surface area (TPSA) is 44.1 Å². The van der Waals surface area contributed by atoms with E-state index in [0.29, 0.717) is 11.0 Å². The lowest BCUT2D eigenvalue weighted by molar-refractivity contribution is 0.0630. The minimum Gasteiger partial charge on any atom is -0.381 e. The number of rotatable bonds is 5.